The van der Waals surface area contributed by atoms with Gasteiger partial charge < -0.3 is 10.1 Å². The highest BCUT2D eigenvalue weighted by Gasteiger charge is 2.33. The molecule has 19 heavy (non-hydrogen) atoms. The lowest BCUT2D eigenvalue weighted by Gasteiger charge is -2.28. The maximum atomic E-state index is 5.84. The van der Waals surface area contributed by atoms with Crippen molar-refractivity contribution < 1.29 is 4.74 Å². The number of nitrogens with one attached hydrogen (secondary N) is 1. The zero-order valence-electron chi connectivity index (χ0n) is 11.7. The van der Waals surface area contributed by atoms with E-state index in [1.54, 1.807) is 0 Å². The molecule has 1 saturated heterocycles. The maximum Gasteiger partial charge on any atom is 0.0616 e. The van der Waals surface area contributed by atoms with Gasteiger partial charge in [0.1, 0.15) is 0 Å². The minimum absolute atomic E-state index is 0.407. The predicted octanol–water partition coefficient (Wildman–Crippen LogP) is 3.18. The molecule has 1 fully saturated rings. The van der Waals surface area contributed by atoms with Gasteiger partial charge in [-0.05, 0) is 53.4 Å². The molecule has 4 heteroatoms. The highest BCUT2D eigenvalue weighted by Crippen LogP contribution is 2.28. The van der Waals surface area contributed by atoms with E-state index >= 15 is 0 Å². The summed E-state index contributed by atoms with van der Waals surface area (Å²) in [7, 11) is 0. The highest BCUT2D eigenvalue weighted by atomic mass is 79.9. The van der Waals surface area contributed by atoms with Gasteiger partial charge in [0.2, 0.25) is 0 Å². The van der Waals surface area contributed by atoms with E-state index in [1.807, 2.05) is 12.4 Å². The van der Waals surface area contributed by atoms with E-state index in [1.165, 1.54) is 5.56 Å². The van der Waals surface area contributed by atoms with Crippen LogP contribution in [0.5, 0.6) is 0 Å². The summed E-state index contributed by atoms with van der Waals surface area (Å²) >= 11 is 3.49. The van der Waals surface area contributed by atoms with E-state index in [0.29, 0.717) is 18.1 Å². The van der Waals surface area contributed by atoms with Crippen molar-refractivity contribution >= 4 is 15.9 Å². The molecule has 0 radical (unpaired) electrons. The lowest BCUT2D eigenvalue weighted by atomic mass is 9.87. The summed E-state index contributed by atoms with van der Waals surface area (Å²) in [5.41, 5.74) is 1.28. The molecule has 1 aromatic rings. The second-order valence-corrected chi connectivity index (χ2v) is 6.07. The second-order valence-electron chi connectivity index (χ2n) is 5.15. The molecular weight excluding hydrogens is 304 g/mol. The number of ether oxygens (including phenoxy) is 1. The molecule has 1 aliphatic heterocycles. The van der Waals surface area contributed by atoms with Crippen LogP contribution < -0.4 is 5.32 Å². The van der Waals surface area contributed by atoms with Gasteiger partial charge in [0, 0.05) is 35.4 Å². The predicted molar refractivity (Wildman–Crippen MR) is 81.2 cm³/mol. The van der Waals surface area contributed by atoms with Crippen molar-refractivity contribution in [1.82, 2.24) is 10.3 Å². The Kier molecular flexibility index (Phi) is 5.79. The average Bonchev–Trinajstić information content (AvgIpc) is 2.86. The largest absolute Gasteiger partial charge is 0.378 e. The third-order valence-corrected chi connectivity index (χ3v) is 4.30. The van der Waals surface area contributed by atoms with Crippen molar-refractivity contribution in [3.8, 4) is 0 Å². The van der Waals surface area contributed by atoms with Crippen molar-refractivity contribution in [3.05, 3.63) is 28.5 Å². The molecule has 3 atom stereocenters. The SMILES string of the molecule is CCNC(Cc1cncc(Br)c1)C1CCOC1CC. The lowest BCUT2D eigenvalue weighted by Crippen LogP contribution is -2.41. The Morgan fingerprint density at radius 3 is 3.00 bits per heavy atom. The molecule has 106 valence electrons. The molecule has 1 N–H and O–H groups in total. The van der Waals surface area contributed by atoms with Crippen molar-refractivity contribution in [1.29, 1.82) is 0 Å². The van der Waals surface area contributed by atoms with E-state index in [2.05, 4.69) is 46.1 Å². The quantitative estimate of drug-likeness (QED) is 0.871. The molecule has 0 aromatic carbocycles. The summed E-state index contributed by atoms with van der Waals surface area (Å²) in [4.78, 5) is 4.26. The van der Waals surface area contributed by atoms with Crippen molar-refractivity contribution in [2.45, 2.75) is 45.3 Å². The normalized spacial score (nSPS) is 24.6. The Morgan fingerprint density at radius 2 is 2.32 bits per heavy atom. The van der Waals surface area contributed by atoms with E-state index in [-0.39, 0.29) is 0 Å². The summed E-state index contributed by atoms with van der Waals surface area (Å²) in [5, 5.41) is 3.63. The van der Waals surface area contributed by atoms with Crippen LogP contribution in [-0.2, 0) is 11.2 Å². The minimum atomic E-state index is 0.407. The Bertz CT molecular complexity index is 399. The number of aromatic nitrogens is 1. The molecule has 3 unspecified atom stereocenters. The molecule has 3 nitrogen and oxygen atoms in total. The molecule has 0 aliphatic carbocycles. The van der Waals surface area contributed by atoms with Crippen LogP contribution >= 0.6 is 15.9 Å². The van der Waals surface area contributed by atoms with Crippen LogP contribution in [-0.4, -0.2) is 30.3 Å². The van der Waals surface area contributed by atoms with Gasteiger partial charge in [-0.25, -0.2) is 0 Å². The van der Waals surface area contributed by atoms with Crippen LogP contribution in [0.25, 0.3) is 0 Å². The van der Waals surface area contributed by atoms with Crippen molar-refractivity contribution in [2.75, 3.05) is 13.2 Å². The van der Waals surface area contributed by atoms with Crippen molar-refractivity contribution in [3.63, 3.8) is 0 Å². The molecule has 2 heterocycles. The van der Waals surface area contributed by atoms with Gasteiger partial charge in [0.15, 0.2) is 0 Å². The highest BCUT2D eigenvalue weighted by molar-refractivity contribution is 9.10. The van der Waals surface area contributed by atoms with Gasteiger partial charge in [-0.15, -0.1) is 0 Å². The molecule has 1 aliphatic rings. The van der Waals surface area contributed by atoms with E-state index in [9.17, 15) is 0 Å². The fourth-order valence-electron chi connectivity index (χ4n) is 3.00. The second kappa shape index (κ2) is 7.36. The molecule has 1 aromatic heterocycles. The topological polar surface area (TPSA) is 34.2 Å². The summed E-state index contributed by atoms with van der Waals surface area (Å²) < 4.78 is 6.89. The minimum Gasteiger partial charge on any atom is -0.378 e. The van der Waals surface area contributed by atoms with Crippen LogP contribution in [0.3, 0.4) is 0 Å². The summed E-state index contributed by atoms with van der Waals surface area (Å²) in [6.45, 7) is 6.29. The average molecular weight is 327 g/mol. The zero-order chi connectivity index (χ0) is 13.7. The number of halogens is 1. The smallest absolute Gasteiger partial charge is 0.0616 e. The lowest BCUT2D eigenvalue weighted by molar-refractivity contribution is 0.0776. The Labute approximate surface area is 124 Å². The zero-order valence-corrected chi connectivity index (χ0v) is 13.3. The fraction of sp³-hybridized carbons (Fsp3) is 0.667. The first-order chi connectivity index (χ1) is 9.24. The first-order valence-electron chi connectivity index (χ1n) is 7.19. The molecule has 2 rings (SSSR count). The Morgan fingerprint density at radius 1 is 1.47 bits per heavy atom. The number of hydrogen-bond acceptors (Lipinski definition) is 3. The van der Waals surface area contributed by atoms with Gasteiger partial charge in [-0.2, -0.15) is 0 Å². The summed E-state index contributed by atoms with van der Waals surface area (Å²) in [5.74, 6) is 0.615. The number of nitrogens with zero attached hydrogens (tertiary/aromatic N) is 1. The Balaban J connectivity index is 2.07. The van der Waals surface area contributed by atoms with Gasteiger partial charge >= 0.3 is 0 Å². The van der Waals surface area contributed by atoms with Crippen LogP contribution in [0.15, 0.2) is 22.9 Å². The van der Waals surface area contributed by atoms with Gasteiger partial charge in [-0.1, -0.05) is 13.8 Å². The standard InChI is InChI=1S/C15H23BrN2O/c1-3-15-13(5-6-19-15)14(18-4-2)8-11-7-12(16)10-17-9-11/h7,9-10,13-15,18H,3-6,8H2,1-2H3. The molecule has 0 spiro atoms. The maximum absolute atomic E-state index is 5.84. The molecule has 0 bridgehead atoms. The van der Waals surface area contributed by atoms with Crippen LogP contribution in [0.1, 0.15) is 32.3 Å². The van der Waals surface area contributed by atoms with Gasteiger partial charge in [-0.3, -0.25) is 4.98 Å². The Hall–Kier alpha value is -0.450. The van der Waals surface area contributed by atoms with E-state index < -0.39 is 0 Å². The first kappa shape index (κ1) is 14.9. The third kappa shape index (κ3) is 4.01. The molecular formula is C15H23BrN2O. The molecule has 0 amide bonds. The van der Waals surface area contributed by atoms with Crippen LogP contribution in [0, 0.1) is 5.92 Å². The fourth-order valence-corrected chi connectivity index (χ4v) is 3.42. The summed E-state index contributed by atoms with van der Waals surface area (Å²) in [6.07, 6.45) is 7.49. The number of rotatable bonds is 6. The first-order valence-corrected chi connectivity index (χ1v) is 7.98. The van der Waals surface area contributed by atoms with E-state index in [4.69, 9.17) is 4.74 Å². The monoisotopic (exact) mass is 326 g/mol. The number of hydrogen-bond donors (Lipinski definition) is 1. The number of likely N-dealkylation sites (N-methyl/N-ethyl adjacent to an activating group) is 1. The number of pyridine rings is 1. The third-order valence-electron chi connectivity index (χ3n) is 3.86. The summed E-state index contributed by atoms with van der Waals surface area (Å²) in [6, 6.07) is 2.64. The van der Waals surface area contributed by atoms with Gasteiger partial charge in [0.05, 0.1) is 6.10 Å². The van der Waals surface area contributed by atoms with Gasteiger partial charge in [0.25, 0.3) is 0 Å². The van der Waals surface area contributed by atoms with E-state index in [0.717, 1.165) is 36.9 Å². The molecule has 0 saturated carbocycles. The van der Waals surface area contributed by atoms with Crippen LogP contribution in [0.4, 0.5) is 0 Å². The van der Waals surface area contributed by atoms with Crippen LogP contribution in [0.2, 0.25) is 0 Å². The van der Waals surface area contributed by atoms with Crippen molar-refractivity contribution in [2.24, 2.45) is 5.92 Å².